The number of halogens is 2. The van der Waals surface area contributed by atoms with E-state index in [4.69, 9.17) is 16.3 Å². The highest BCUT2D eigenvalue weighted by Gasteiger charge is 2.57. The van der Waals surface area contributed by atoms with E-state index >= 15 is 4.39 Å². The van der Waals surface area contributed by atoms with Crippen LogP contribution in [0.4, 0.5) is 10.1 Å². The van der Waals surface area contributed by atoms with Crippen molar-refractivity contribution in [1.29, 1.82) is 5.26 Å². The normalized spacial score (nSPS) is 22.2. The van der Waals surface area contributed by atoms with E-state index < -0.39 is 17.3 Å². The molecular weight excluding hydrogens is 572 g/mol. The predicted octanol–water partition coefficient (Wildman–Crippen LogP) is 7.28. The number of benzene rings is 3. The Hall–Kier alpha value is -3.43. The van der Waals surface area contributed by atoms with Gasteiger partial charge in [0.1, 0.15) is 17.0 Å². The minimum absolute atomic E-state index is 0.113. The van der Waals surface area contributed by atoms with Crippen LogP contribution >= 0.6 is 19.8 Å². The molecule has 3 N–H and O–H groups in total. The van der Waals surface area contributed by atoms with Crippen LogP contribution in [0.1, 0.15) is 67.1 Å². The monoisotopic (exact) mass is 607 g/mol. The highest BCUT2D eigenvalue weighted by Crippen LogP contribution is 2.51. The first-order valence-electron chi connectivity index (χ1n) is 13.7. The number of methoxy groups -OCH3 is 1. The van der Waals surface area contributed by atoms with Crippen molar-refractivity contribution in [2.45, 2.75) is 64.5 Å². The minimum atomic E-state index is -1.19. The Labute approximate surface area is 253 Å². The number of nitrogens with one attached hydrogen (secondary N) is 2. The number of hydrogen-bond donors (Lipinski definition) is 3. The van der Waals surface area contributed by atoms with Gasteiger partial charge < -0.3 is 20.5 Å². The van der Waals surface area contributed by atoms with Crippen LogP contribution in [0.2, 0.25) is 5.02 Å². The third kappa shape index (κ3) is 6.17. The Morgan fingerprint density at radius 2 is 2.00 bits per heavy atom. The summed E-state index contributed by atoms with van der Waals surface area (Å²) in [6.45, 7) is 10.3. The Bertz CT molecular complexity index is 1570. The number of carbonyl (C=O) groups is 1. The van der Waals surface area contributed by atoms with E-state index in [1.807, 2.05) is 38.1 Å². The molecule has 6 nitrogen and oxygen atoms in total. The van der Waals surface area contributed by atoms with E-state index in [1.54, 1.807) is 18.1 Å². The van der Waals surface area contributed by atoms with Crippen molar-refractivity contribution in [3.8, 4) is 11.8 Å². The summed E-state index contributed by atoms with van der Waals surface area (Å²) < 4.78 is 21.2. The van der Waals surface area contributed by atoms with E-state index in [0.717, 1.165) is 16.4 Å². The highest BCUT2D eigenvalue weighted by molar-refractivity contribution is 7.48. The lowest BCUT2D eigenvalue weighted by Gasteiger charge is -2.38. The molecule has 4 rings (SSSR count). The minimum Gasteiger partial charge on any atom is -0.495 e. The van der Waals surface area contributed by atoms with Crippen LogP contribution in [-0.4, -0.2) is 36.2 Å². The smallest absolute Gasteiger partial charge is 0.335 e. The molecule has 4 atom stereocenters. The molecule has 1 saturated heterocycles. The van der Waals surface area contributed by atoms with E-state index in [0.29, 0.717) is 36.6 Å². The number of hydrogen-bond acceptors (Lipinski definition) is 4. The first-order valence-corrected chi connectivity index (χ1v) is 15.1. The van der Waals surface area contributed by atoms with Gasteiger partial charge in [-0.15, -0.1) is 0 Å². The molecule has 42 heavy (non-hydrogen) atoms. The zero-order valence-corrected chi connectivity index (χ0v) is 26.3. The van der Waals surface area contributed by atoms with Crippen LogP contribution < -0.4 is 20.7 Å². The molecule has 1 aliphatic rings. The lowest BCUT2D eigenvalue weighted by atomic mass is 9.63. The number of nitrogens with zero attached hydrogens (tertiary/aromatic N) is 1. The first kappa shape index (κ1) is 31.5. The number of nitriles is 1. The third-order valence-corrected chi connectivity index (χ3v) is 9.25. The van der Waals surface area contributed by atoms with Crippen LogP contribution in [0.3, 0.4) is 0 Å². The maximum Gasteiger partial charge on any atom is 0.335 e. The summed E-state index contributed by atoms with van der Waals surface area (Å²) in [4.78, 5) is 11.4. The van der Waals surface area contributed by atoms with Crippen LogP contribution in [0.15, 0.2) is 54.6 Å². The second-order valence-corrected chi connectivity index (χ2v) is 13.4. The molecule has 1 fully saturated rings. The van der Waals surface area contributed by atoms with Gasteiger partial charge in [0.15, 0.2) is 0 Å². The van der Waals surface area contributed by atoms with Gasteiger partial charge in [-0.2, -0.15) is 5.26 Å². The maximum atomic E-state index is 15.8. The van der Waals surface area contributed by atoms with Crippen molar-refractivity contribution in [2.24, 2.45) is 5.41 Å². The van der Waals surface area contributed by atoms with E-state index in [9.17, 15) is 15.2 Å². The van der Waals surface area contributed by atoms with Crippen LogP contribution in [-0.2, 0) is 5.41 Å². The molecule has 0 aliphatic carbocycles. The fraction of sp³-hybridized carbons (Fsp3) is 0.364. The topological polar surface area (TPSA) is 94.4 Å². The number of ether oxygens (including phenoxy) is 1. The Morgan fingerprint density at radius 1 is 1.26 bits per heavy atom. The first-order chi connectivity index (χ1) is 19.8. The summed E-state index contributed by atoms with van der Waals surface area (Å²) in [6.07, 6.45) is 0.669. The molecule has 0 bridgehead atoms. The molecule has 0 aromatic heterocycles. The van der Waals surface area contributed by atoms with Crippen LogP contribution in [0.25, 0.3) is 0 Å². The van der Waals surface area contributed by atoms with Gasteiger partial charge in [0.25, 0.3) is 0 Å². The molecule has 0 unspecified atom stereocenters. The molecule has 3 aromatic carbocycles. The fourth-order valence-electron chi connectivity index (χ4n) is 6.05. The molecule has 3 aromatic rings. The summed E-state index contributed by atoms with van der Waals surface area (Å²) in [5, 5.41) is 28.5. The number of anilines is 1. The van der Waals surface area contributed by atoms with Crippen molar-refractivity contribution in [3.63, 3.8) is 0 Å². The van der Waals surface area contributed by atoms with Crippen molar-refractivity contribution < 1.29 is 19.0 Å². The number of carboxylic acids is 1. The van der Waals surface area contributed by atoms with Crippen LogP contribution in [0, 0.1) is 29.5 Å². The Kier molecular flexibility index (Phi) is 9.33. The van der Waals surface area contributed by atoms with E-state index in [1.165, 1.54) is 25.3 Å². The largest absolute Gasteiger partial charge is 0.495 e. The van der Waals surface area contributed by atoms with Gasteiger partial charge in [0.2, 0.25) is 0 Å². The SMILES string of the molecule is COc1cc(C(=O)O)ccc1N/C=P/c1c(Cl)cccc1[C@H]1[C@H](C)N[C@@H](CC(C)(C)C)[C@]1(C#N)c1ccc(C)cc1F. The lowest BCUT2D eigenvalue weighted by Crippen LogP contribution is -2.45. The number of rotatable bonds is 8. The van der Waals surface area contributed by atoms with Crippen molar-refractivity contribution in [2.75, 3.05) is 12.4 Å². The van der Waals surface area contributed by atoms with E-state index in [2.05, 4.69) is 37.5 Å². The Balaban J connectivity index is 1.83. The number of aromatic carboxylic acids is 1. The van der Waals surface area contributed by atoms with Crippen molar-refractivity contribution in [3.05, 3.63) is 87.7 Å². The molecule has 0 saturated carbocycles. The van der Waals surface area contributed by atoms with Gasteiger partial charge in [-0.3, -0.25) is 0 Å². The molecule has 220 valence electrons. The second-order valence-electron chi connectivity index (χ2n) is 12.0. The molecule has 1 heterocycles. The molecule has 0 spiro atoms. The predicted molar refractivity (Wildman–Crippen MR) is 169 cm³/mol. The van der Waals surface area contributed by atoms with Gasteiger partial charge in [-0.05, 0) is 75.3 Å². The average molecular weight is 608 g/mol. The Morgan fingerprint density at radius 3 is 2.62 bits per heavy atom. The van der Waals surface area contributed by atoms with Gasteiger partial charge in [0, 0.05) is 34.8 Å². The van der Waals surface area contributed by atoms with Crippen molar-refractivity contribution >= 4 is 42.7 Å². The summed E-state index contributed by atoms with van der Waals surface area (Å²) >= 11 is 6.81. The summed E-state index contributed by atoms with van der Waals surface area (Å²) in [5.74, 6) is 0.354. The van der Waals surface area contributed by atoms with Crippen molar-refractivity contribution in [1.82, 2.24) is 5.32 Å². The van der Waals surface area contributed by atoms with Gasteiger partial charge in [-0.1, -0.05) is 56.6 Å². The number of aryl methyl sites for hydroxylation is 1. The summed E-state index contributed by atoms with van der Waals surface area (Å²) in [6, 6.07) is 17.5. The summed E-state index contributed by atoms with van der Waals surface area (Å²) in [7, 11) is 2.19. The van der Waals surface area contributed by atoms with Gasteiger partial charge in [-0.25, -0.2) is 9.18 Å². The quantitative estimate of drug-likeness (QED) is 0.233. The zero-order chi connectivity index (χ0) is 30.8. The molecule has 0 radical (unpaired) electrons. The average Bonchev–Trinajstić information content (AvgIpc) is 3.19. The number of carboxylic acid groups (broad SMARTS) is 1. The molecular formula is C33H36ClFN3O3P. The lowest BCUT2D eigenvalue weighted by molar-refractivity contribution is 0.0696. The summed E-state index contributed by atoms with van der Waals surface area (Å²) in [5.41, 5.74) is 1.46. The third-order valence-electron chi connectivity index (χ3n) is 7.79. The molecule has 1 aliphatic heterocycles. The van der Waals surface area contributed by atoms with Crippen LogP contribution in [0.5, 0.6) is 5.75 Å². The maximum absolute atomic E-state index is 15.8. The standard InChI is InChI=1S/C33H36ClFN3O3P/c1-19-10-12-23(25(35)14-19)33(17-36)28(16-32(3,4)5)38-20(2)29(33)22-8-7-9-24(34)30(22)42-18-37-26-13-11-21(31(39)40)15-27(26)41-6/h7-15,18,20,28-29,37-38H,16H2,1-6H3,(H,39,40)/t20-,28-,29+,33-/m0/s1. The van der Waals surface area contributed by atoms with E-state index in [-0.39, 0.29) is 28.9 Å². The van der Waals surface area contributed by atoms with Gasteiger partial charge in [0.05, 0.1) is 29.5 Å². The second kappa shape index (κ2) is 12.4. The highest BCUT2D eigenvalue weighted by atomic mass is 35.5. The molecule has 9 heteroatoms. The fourth-order valence-corrected chi connectivity index (χ4v) is 7.27. The zero-order valence-electron chi connectivity index (χ0n) is 24.6. The molecule has 0 amide bonds. The van der Waals surface area contributed by atoms with Gasteiger partial charge >= 0.3 is 5.97 Å².